The number of carbonyl (C=O) groups is 1. The van der Waals surface area contributed by atoms with Gasteiger partial charge in [0.2, 0.25) is 6.79 Å². The Morgan fingerprint density at radius 2 is 1.88 bits per heavy atom. The number of anilines is 1. The van der Waals surface area contributed by atoms with E-state index in [0.29, 0.717) is 28.1 Å². The predicted octanol–water partition coefficient (Wildman–Crippen LogP) is 5.29. The summed E-state index contributed by atoms with van der Waals surface area (Å²) in [6.07, 6.45) is 3.64. The maximum absolute atomic E-state index is 12.2. The van der Waals surface area contributed by atoms with E-state index in [1.807, 2.05) is 48.7 Å². The molecule has 0 unspecified atom stereocenters. The minimum Gasteiger partial charge on any atom is -0.454 e. The van der Waals surface area contributed by atoms with Gasteiger partial charge in [-0.1, -0.05) is 47.5 Å². The fourth-order valence-electron chi connectivity index (χ4n) is 3.75. The summed E-state index contributed by atoms with van der Waals surface area (Å²) in [5.74, 6) is 1.08. The molecule has 1 aliphatic heterocycles. The third-order valence-corrected chi connectivity index (χ3v) is 6.11. The number of aromatic nitrogens is 1. The second kappa shape index (κ2) is 9.67. The van der Waals surface area contributed by atoms with Crippen molar-refractivity contribution in [1.82, 2.24) is 9.99 Å². The Bertz CT molecular complexity index is 1400. The van der Waals surface area contributed by atoms with Crippen LogP contribution in [0.2, 0.25) is 10.0 Å². The highest BCUT2D eigenvalue weighted by molar-refractivity contribution is 6.42. The Morgan fingerprint density at radius 1 is 1.03 bits per heavy atom. The summed E-state index contributed by atoms with van der Waals surface area (Å²) in [6.45, 7) is 0.894. The highest BCUT2D eigenvalue weighted by Gasteiger charge is 2.13. The number of benzene rings is 3. The molecule has 0 saturated heterocycles. The fraction of sp³-hybridized carbons (Fsp3) is 0.120. The lowest BCUT2D eigenvalue weighted by molar-refractivity contribution is -0.119. The Balaban J connectivity index is 1.24. The van der Waals surface area contributed by atoms with Gasteiger partial charge in [-0.05, 0) is 35.9 Å². The molecule has 0 saturated carbocycles. The van der Waals surface area contributed by atoms with Crippen LogP contribution >= 0.6 is 23.2 Å². The van der Waals surface area contributed by atoms with Crippen LogP contribution in [0, 0.1) is 0 Å². The molecule has 4 aromatic rings. The first kappa shape index (κ1) is 22.1. The molecule has 1 aromatic heterocycles. The summed E-state index contributed by atoms with van der Waals surface area (Å²) in [5, 5.41) is 9.27. The zero-order chi connectivity index (χ0) is 23.5. The molecule has 5 rings (SSSR count). The summed E-state index contributed by atoms with van der Waals surface area (Å²) in [6, 6.07) is 19.0. The fourth-order valence-corrected chi connectivity index (χ4v) is 4.07. The van der Waals surface area contributed by atoms with Crippen molar-refractivity contribution in [3.63, 3.8) is 0 Å². The van der Waals surface area contributed by atoms with Crippen molar-refractivity contribution < 1.29 is 14.3 Å². The van der Waals surface area contributed by atoms with Crippen molar-refractivity contribution in [2.45, 2.75) is 6.54 Å². The standard InChI is InChI=1S/C25H20Cl2N4O3/c26-20-7-5-16(9-21(20)27)13-31-14-17(19-3-1-2-4-22(19)31)11-29-30-25(32)12-28-18-6-8-23-24(10-18)34-15-33-23/h1-11,14,28H,12-13,15H2,(H,30,32)/b29-11-. The van der Waals surface area contributed by atoms with Crippen LogP contribution in [0.1, 0.15) is 11.1 Å². The monoisotopic (exact) mass is 494 g/mol. The van der Waals surface area contributed by atoms with E-state index in [2.05, 4.69) is 20.4 Å². The number of rotatable bonds is 7. The zero-order valence-corrected chi connectivity index (χ0v) is 19.4. The normalized spacial score (nSPS) is 12.4. The van der Waals surface area contributed by atoms with Gasteiger partial charge in [0, 0.05) is 41.0 Å². The largest absolute Gasteiger partial charge is 0.454 e. The Kier molecular flexibility index (Phi) is 6.29. The minimum atomic E-state index is -0.270. The lowest BCUT2D eigenvalue weighted by atomic mass is 10.2. The van der Waals surface area contributed by atoms with Crippen molar-refractivity contribution in [3.05, 3.63) is 88.0 Å². The highest BCUT2D eigenvalue weighted by atomic mass is 35.5. The van der Waals surface area contributed by atoms with Gasteiger partial charge < -0.3 is 19.4 Å². The number of fused-ring (bicyclic) bond motifs is 2. The number of carbonyl (C=O) groups excluding carboxylic acids is 1. The Labute approximate surface area is 205 Å². The molecule has 0 aliphatic carbocycles. The van der Waals surface area contributed by atoms with Crippen molar-refractivity contribution in [3.8, 4) is 11.5 Å². The third-order valence-electron chi connectivity index (χ3n) is 5.37. The number of para-hydroxylation sites is 1. The first-order chi connectivity index (χ1) is 16.6. The topological polar surface area (TPSA) is 76.9 Å². The predicted molar refractivity (Wildman–Crippen MR) is 134 cm³/mol. The second-order valence-corrected chi connectivity index (χ2v) is 8.51. The SMILES string of the molecule is O=C(CNc1ccc2c(c1)OCO2)N/N=C\c1cn(Cc2ccc(Cl)c(Cl)c2)c2ccccc12. The molecule has 0 radical (unpaired) electrons. The van der Waals surface area contributed by atoms with Crippen LogP contribution in [-0.2, 0) is 11.3 Å². The number of nitrogens with zero attached hydrogens (tertiary/aromatic N) is 2. The first-order valence-electron chi connectivity index (χ1n) is 10.5. The summed E-state index contributed by atoms with van der Waals surface area (Å²) < 4.78 is 12.7. The minimum absolute atomic E-state index is 0.0655. The van der Waals surface area contributed by atoms with Crippen LogP contribution in [0.4, 0.5) is 5.69 Å². The molecule has 9 heteroatoms. The van der Waals surface area contributed by atoms with Gasteiger partial charge in [-0.3, -0.25) is 4.79 Å². The van der Waals surface area contributed by atoms with Gasteiger partial charge in [-0.25, -0.2) is 5.43 Å². The number of halogens is 2. The molecular formula is C25H20Cl2N4O3. The molecule has 0 atom stereocenters. The number of hydrazone groups is 1. The molecule has 0 fully saturated rings. The van der Waals surface area contributed by atoms with Gasteiger partial charge in [0.25, 0.3) is 5.91 Å². The van der Waals surface area contributed by atoms with E-state index in [9.17, 15) is 4.79 Å². The molecule has 3 aromatic carbocycles. The van der Waals surface area contributed by atoms with Crippen LogP contribution in [0.3, 0.4) is 0 Å². The average Bonchev–Trinajstić information content (AvgIpc) is 3.45. The molecule has 0 bridgehead atoms. The molecule has 7 nitrogen and oxygen atoms in total. The van der Waals surface area contributed by atoms with Gasteiger partial charge >= 0.3 is 0 Å². The van der Waals surface area contributed by atoms with Crippen molar-refractivity contribution >= 4 is 51.9 Å². The Morgan fingerprint density at radius 3 is 2.76 bits per heavy atom. The molecule has 2 heterocycles. The second-order valence-electron chi connectivity index (χ2n) is 7.69. The molecular weight excluding hydrogens is 475 g/mol. The average molecular weight is 495 g/mol. The van der Waals surface area contributed by atoms with Crippen LogP contribution in [0.15, 0.2) is 72.0 Å². The van der Waals surface area contributed by atoms with Gasteiger partial charge in [0.15, 0.2) is 11.5 Å². The summed E-state index contributed by atoms with van der Waals surface area (Å²) in [7, 11) is 0. The number of hydrogen-bond acceptors (Lipinski definition) is 5. The molecule has 1 amide bonds. The van der Waals surface area contributed by atoms with Crippen molar-refractivity contribution in [2.75, 3.05) is 18.7 Å². The van der Waals surface area contributed by atoms with Gasteiger partial charge in [-0.15, -0.1) is 0 Å². The van der Waals surface area contributed by atoms with E-state index in [1.165, 1.54) is 0 Å². The molecule has 34 heavy (non-hydrogen) atoms. The highest BCUT2D eigenvalue weighted by Crippen LogP contribution is 2.34. The summed E-state index contributed by atoms with van der Waals surface area (Å²) in [4.78, 5) is 12.2. The number of nitrogens with one attached hydrogen (secondary N) is 2. The number of amides is 1. The molecule has 0 spiro atoms. The quantitative estimate of drug-likeness (QED) is 0.270. The molecule has 1 aliphatic rings. The maximum atomic E-state index is 12.2. The molecule has 172 valence electrons. The van der Waals surface area contributed by atoms with Crippen LogP contribution in [-0.4, -0.2) is 30.0 Å². The zero-order valence-electron chi connectivity index (χ0n) is 17.9. The lowest BCUT2D eigenvalue weighted by Crippen LogP contribution is -2.25. The lowest BCUT2D eigenvalue weighted by Gasteiger charge is -2.06. The van der Waals surface area contributed by atoms with Crippen LogP contribution in [0.25, 0.3) is 10.9 Å². The maximum Gasteiger partial charge on any atom is 0.259 e. The smallest absolute Gasteiger partial charge is 0.259 e. The molecule has 2 N–H and O–H groups in total. The third kappa shape index (κ3) is 4.81. The summed E-state index contributed by atoms with van der Waals surface area (Å²) >= 11 is 12.2. The van der Waals surface area contributed by atoms with Gasteiger partial charge in [-0.2, -0.15) is 5.10 Å². The summed E-state index contributed by atoms with van der Waals surface area (Å²) in [5.41, 5.74) is 6.28. The van der Waals surface area contributed by atoms with Gasteiger partial charge in [0.1, 0.15) is 0 Å². The van der Waals surface area contributed by atoms with E-state index >= 15 is 0 Å². The van der Waals surface area contributed by atoms with Crippen molar-refractivity contribution in [1.29, 1.82) is 0 Å². The van der Waals surface area contributed by atoms with E-state index in [-0.39, 0.29) is 19.2 Å². The first-order valence-corrected chi connectivity index (χ1v) is 11.3. The van der Waals surface area contributed by atoms with E-state index in [4.69, 9.17) is 32.7 Å². The van der Waals surface area contributed by atoms with E-state index in [1.54, 1.807) is 24.4 Å². The number of hydrogen-bond donors (Lipinski definition) is 2. The van der Waals surface area contributed by atoms with Crippen molar-refractivity contribution in [2.24, 2.45) is 5.10 Å². The van der Waals surface area contributed by atoms with Crippen LogP contribution < -0.4 is 20.2 Å². The Hall–Kier alpha value is -3.68. The van der Waals surface area contributed by atoms with Crippen LogP contribution in [0.5, 0.6) is 11.5 Å². The van der Waals surface area contributed by atoms with E-state index in [0.717, 1.165) is 27.7 Å². The van der Waals surface area contributed by atoms with E-state index < -0.39 is 0 Å². The number of ether oxygens (including phenoxy) is 2. The van der Waals surface area contributed by atoms with Gasteiger partial charge in [0.05, 0.1) is 22.8 Å².